The summed E-state index contributed by atoms with van der Waals surface area (Å²) in [6.07, 6.45) is 0.703. The molecule has 1 atom stereocenters. The molecule has 0 heterocycles. The van der Waals surface area contributed by atoms with E-state index in [1.54, 1.807) is 6.92 Å². The molecular weight excluding hydrogens is 385 g/mol. The van der Waals surface area contributed by atoms with Crippen LogP contribution in [0.1, 0.15) is 30.6 Å². The van der Waals surface area contributed by atoms with Gasteiger partial charge in [0.2, 0.25) is 0 Å². The third-order valence-corrected chi connectivity index (χ3v) is 3.92. The van der Waals surface area contributed by atoms with E-state index in [9.17, 15) is 19.2 Å². The van der Waals surface area contributed by atoms with E-state index in [-0.39, 0.29) is 16.6 Å². The van der Waals surface area contributed by atoms with Crippen LogP contribution in [0, 0.1) is 0 Å². The number of hydrogen-bond acceptors (Lipinski definition) is 5. The van der Waals surface area contributed by atoms with Gasteiger partial charge in [0, 0.05) is 11.6 Å². The number of esters is 1. The van der Waals surface area contributed by atoms with Gasteiger partial charge >= 0.3 is 12.0 Å². The van der Waals surface area contributed by atoms with Crippen LogP contribution in [0.4, 0.5) is 4.79 Å². The van der Waals surface area contributed by atoms with Gasteiger partial charge in [-0.3, -0.25) is 19.7 Å². The average molecular weight is 404 g/mol. The molecule has 1 rings (SSSR count). The van der Waals surface area contributed by atoms with Gasteiger partial charge in [-0.15, -0.1) is 0 Å². The van der Waals surface area contributed by atoms with Gasteiger partial charge < -0.3 is 15.4 Å². The molecule has 0 spiro atoms. The van der Waals surface area contributed by atoms with Crippen molar-refractivity contribution in [2.24, 2.45) is 0 Å². The molecule has 0 aliphatic carbocycles. The van der Waals surface area contributed by atoms with E-state index in [1.165, 1.54) is 18.2 Å². The minimum absolute atomic E-state index is 0.0954. The maximum atomic E-state index is 11.9. The molecule has 0 fully saturated rings. The second-order valence-electron chi connectivity index (χ2n) is 5.30. The average Bonchev–Trinajstić information content (AvgIpc) is 2.59. The Labute approximate surface area is 160 Å². The van der Waals surface area contributed by atoms with Gasteiger partial charge in [0.25, 0.3) is 11.8 Å². The van der Waals surface area contributed by atoms with Crippen LogP contribution in [0.2, 0.25) is 10.0 Å². The highest BCUT2D eigenvalue weighted by molar-refractivity contribution is 6.42. The number of ether oxygens (including phenoxy) is 1. The molecule has 3 N–H and O–H groups in total. The Kier molecular flexibility index (Phi) is 8.87. The molecule has 142 valence electrons. The SMILES string of the molecule is CC[C@@H](C)NC(=O)NC(=O)COC(=O)CNC(=O)c1ccc(Cl)c(Cl)c1. The highest BCUT2D eigenvalue weighted by Gasteiger charge is 2.14. The van der Waals surface area contributed by atoms with Crippen LogP contribution in [-0.4, -0.2) is 43.0 Å². The topological polar surface area (TPSA) is 114 Å². The maximum Gasteiger partial charge on any atom is 0.325 e. The van der Waals surface area contributed by atoms with Crippen LogP contribution in [0.25, 0.3) is 0 Å². The lowest BCUT2D eigenvalue weighted by Crippen LogP contribution is -2.45. The fraction of sp³-hybridized carbons (Fsp3) is 0.375. The van der Waals surface area contributed by atoms with Gasteiger partial charge in [-0.05, 0) is 31.5 Å². The molecule has 0 aliphatic heterocycles. The van der Waals surface area contributed by atoms with Gasteiger partial charge in [-0.2, -0.15) is 0 Å². The number of carbonyl (C=O) groups is 4. The molecule has 4 amide bonds. The van der Waals surface area contributed by atoms with Gasteiger partial charge in [-0.25, -0.2) is 4.79 Å². The standard InChI is InChI=1S/C16H19Cl2N3O5/c1-3-9(2)20-16(25)21-13(22)8-26-14(23)7-19-15(24)10-4-5-11(17)12(18)6-10/h4-6,9H,3,7-8H2,1-2H3,(H,19,24)(H2,20,21,22,25)/t9-/m1/s1. The third kappa shape index (κ3) is 7.71. The van der Waals surface area contributed by atoms with Crippen molar-refractivity contribution in [1.29, 1.82) is 0 Å². The largest absolute Gasteiger partial charge is 0.454 e. The van der Waals surface area contributed by atoms with Crippen LogP contribution in [0.15, 0.2) is 18.2 Å². The summed E-state index contributed by atoms with van der Waals surface area (Å²) in [5.74, 6) is -2.18. The van der Waals surface area contributed by atoms with Gasteiger partial charge in [0.1, 0.15) is 6.54 Å². The lowest BCUT2D eigenvalue weighted by Gasteiger charge is -2.12. The van der Waals surface area contributed by atoms with Crippen molar-refractivity contribution in [3.63, 3.8) is 0 Å². The number of hydrogen-bond donors (Lipinski definition) is 3. The van der Waals surface area contributed by atoms with Crippen molar-refractivity contribution < 1.29 is 23.9 Å². The zero-order valence-electron chi connectivity index (χ0n) is 14.2. The van der Waals surface area contributed by atoms with E-state index >= 15 is 0 Å². The highest BCUT2D eigenvalue weighted by Crippen LogP contribution is 2.22. The minimum atomic E-state index is -0.837. The molecule has 10 heteroatoms. The lowest BCUT2D eigenvalue weighted by atomic mass is 10.2. The number of carbonyl (C=O) groups excluding carboxylic acids is 4. The summed E-state index contributed by atoms with van der Waals surface area (Å²) in [4.78, 5) is 46.3. The van der Waals surface area contributed by atoms with Crippen LogP contribution < -0.4 is 16.0 Å². The molecule has 0 bridgehead atoms. The van der Waals surface area contributed by atoms with Crippen LogP contribution in [0.5, 0.6) is 0 Å². The fourth-order valence-corrected chi connectivity index (χ4v) is 1.91. The van der Waals surface area contributed by atoms with Crippen molar-refractivity contribution in [1.82, 2.24) is 16.0 Å². The number of benzene rings is 1. The monoisotopic (exact) mass is 403 g/mol. The number of imide groups is 1. The van der Waals surface area contributed by atoms with Gasteiger partial charge in [-0.1, -0.05) is 30.1 Å². The second-order valence-corrected chi connectivity index (χ2v) is 6.12. The molecule has 8 nitrogen and oxygen atoms in total. The van der Waals surface area contributed by atoms with Gasteiger partial charge in [0.05, 0.1) is 10.0 Å². The molecule has 0 unspecified atom stereocenters. The van der Waals surface area contributed by atoms with Gasteiger partial charge in [0.15, 0.2) is 6.61 Å². The van der Waals surface area contributed by atoms with E-state index in [0.29, 0.717) is 11.4 Å². The molecule has 26 heavy (non-hydrogen) atoms. The third-order valence-electron chi connectivity index (χ3n) is 3.18. The molecule has 0 saturated heterocycles. The summed E-state index contributed by atoms with van der Waals surface area (Å²) in [5, 5.41) is 7.37. The Hall–Kier alpha value is -2.32. The van der Waals surface area contributed by atoms with Crippen LogP contribution in [0.3, 0.4) is 0 Å². The summed E-state index contributed by atoms with van der Waals surface area (Å²) >= 11 is 11.6. The Bertz CT molecular complexity index is 696. The normalized spacial score (nSPS) is 11.2. The number of urea groups is 1. The number of amides is 4. The molecule has 0 radical (unpaired) electrons. The fourth-order valence-electron chi connectivity index (χ4n) is 1.61. The summed E-state index contributed by atoms with van der Waals surface area (Å²) in [5.41, 5.74) is 0.214. The Morgan fingerprint density at radius 1 is 1.15 bits per heavy atom. The lowest BCUT2D eigenvalue weighted by molar-refractivity contribution is -0.147. The zero-order valence-corrected chi connectivity index (χ0v) is 15.7. The Balaban J connectivity index is 2.33. The first kappa shape index (κ1) is 21.7. The van der Waals surface area contributed by atoms with Crippen molar-refractivity contribution in [2.45, 2.75) is 26.3 Å². The van der Waals surface area contributed by atoms with Crippen LogP contribution >= 0.6 is 23.2 Å². The summed E-state index contributed by atoms with van der Waals surface area (Å²) in [7, 11) is 0. The molecular formula is C16H19Cl2N3O5. The molecule has 1 aromatic rings. The number of nitrogens with one attached hydrogen (secondary N) is 3. The Morgan fingerprint density at radius 3 is 2.46 bits per heavy atom. The van der Waals surface area contributed by atoms with E-state index in [2.05, 4.69) is 15.4 Å². The molecule has 1 aromatic carbocycles. The zero-order chi connectivity index (χ0) is 19.7. The molecule has 0 aromatic heterocycles. The molecule has 0 aliphatic rings. The smallest absolute Gasteiger partial charge is 0.325 e. The predicted molar refractivity (Wildman–Crippen MR) is 96.2 cm³/mol. The predicted octanol–water partition coefficient (Wildman–Crippen LogP) is 1.89. The number of halogens is 2. The maximum absolute atomic E-state index is 11.9. The van der Waals surface area contributed by atoms with Crippen molar-refractivity contribution in [3.05, 3.63) is 33.8 Å². The first-order valence-corrected chi connectivity index (χ1v) is 8.47. The molecule has 0 saturated carbocycles. The first-order valence-electron chi connectivity index (χ1n) is 7.72. The quantitative estimate of drug-likeness (QED) is 0.601. The van der Waals surface area contributed by atoms with Crippen molar-refractivity contribution in [3.8, 4) is 0 Å². The first-order chi connectivity index (χ1) is 12.2. The summed E-state index contributed by atoms with van der Waals surface area (Å²) in [6.45, 7) is 2.56. The minimum Gasteiger partial charge on any atom is -0.454 e. The second kappa shape index (κ2) is 10.6. The Morgan fingerprint density at radius 2 is 1.85 bits per heavy atom. The van der Waals surface area contributed by atoms with Crippen molar-refractivity contribution >= 4 is 47.0 Å². The van der Waals surface area contributed by atoms with E-state index < -0.39 is 37.0 Å². The van der Waals surface area contributed by atoms with Crippen molar-refractivity contribution in [2.75, 3.05) is 13.2 Å². The van der Waals surface area contributed by atoms with E-state index in [1.807, 2.05) is 12.2 Å². The number of rotatable bonds is 7. The summed E-state index contributed by atoms with van der Waals surface area (Å²) in [6, 6.07) is 3.48. The highest BCUT2D eigenvalue weighted by atomic mass is 35.5. The van der Waals surface area contributed by atoms with E-state index in [4.69, 9.17) is 23.2 Å². The summed E-state index contributed by atoms with van der Waals surface area (Å²) < 4.78 is 4.67. The van der Waals surface area contributed by atoms with Crippen LogP contribution in [-0.2, 0) is 14.3 Å². The van der Waals surface area contributed by atoms with E-state index in [0.717, 1.165) is 0 Å².